The van der Waals surface area contributed by atoms with Crippen LogP contribution in [0.1, 0.15) is 13.3 Å². The van der Waals surface area contributed by atoms with Crippen LogP contribution in [-0.4, -0.2) is 47.1 Å². The lowest BCUT2D eigenvalue weighted by molar-refractivity contribution is 0.224. The zero-order chi connectivity index (χ0) is 14.7. The third-order valence-corrected chi connectivity index (χ3v) is 4.62. The molecular formula is C13H18BrClN4S. The number of nitrogens with two attached hydrogens (primary N) is 1. The highest BCUT2D eigenvalue weighted by Gasteiger charge is 2.25. The van der Waals surface area contributed by atoms with Crippen molar-refractivity contribution in [2.45, 2.75) is 19.4 Å². The van der Waals surface area contributed by atoms with E-state index in [1.807, 2.05) is 6.07 Å². The molecule has 1 saturated heterocycles. The normalized spacial score (nSPS) is 18.1. The second-order valence-electron chi connectivity index (χ2n) is 4.81. The highest BCUT2D eigenvalue weighted by molar-refractivity contribution is 9.10. The van der Waals surface area contributed by atoms with E-state index in [1.54, 1.807) is 6.20 Å². The maximum Gasteiger partial charge on any atom is 0.143 e. The van der Waals surface area contributed by atoms with Gasteiger partial charge in [-0.25, -0.2) is 4.98 Å². The molecule has 0 saturated carbocycles. The number of aromatic nitrogens is 1. The van der Waals surface area contributed by atoms with Crippen molar-refractivity contribution in [3.8, 4) is 0 Å². The molecule has 1 atom stereocenters. The maximum absolute atomic E-state index is 5.93. The van der Waals surface area contributed by atoms with E-state index in [-0.39, 0.29) is 6.04 Å². The van der Waals surface area contributed by atoms with Crippen LogP contribution in [0.25, 0.3) is 0 Å². The number of thiocarbonyl (C=S) groups is 1. The average molecular weight is 378 g/mol. The van der Waals surface area contributed by atoms with Crippen molar-refractivity contribution < 1.29 is 0 Å². The van der Waals surface area contributed by atoms with Crippen LogP contribution in [0.2, 0.25) is 5.02 Å². The van der Waals surface area contributed by atoms with Crippen LogP contribution < -0.4 is 10.6 Å². The topological polar surface area (TPSA) is 45.4 Å². The fraction of sp³-hybridized carbons (Fsp3) is 0.538. The number of anilines is 1. The largest absolute Gasteiger partial charge is 0.392 e. The van der Waals surface area contributed by atoms with Crippen molar-refractivity contribution >= 4 is 50.6 Å². The molecule has 0 spiro atoms. The van der Waals surface area contributed by atoms with Crippen molar-refractivity contribution in [1.29, 1.82) is 0 Å². The van der Waals surface area contributed by atoms with Gasteiger partial charge in [0.25, 0.3) is 0 Å². The van der Waals surface area contributed by atoms with Crippen molar-refractivity contribution in [1.82, 2.24) is 9.88 Å². The van der Waals surface area contributed by atoms with E-state index < -0.39 is 0 Å². The fourth-order valence-electron chi connectivity index (χ4n) is 2.52. The molecular weight excluding hydrogens is 360 g/mol. The lowest BCUT2D eigenvalue weighted by Gasteiger charge is -2.39. The summed E-state index contributed by atoms with van der Waals surface area (Å²) in [7, 11) is 0. The summed E-state index contributed by atoms with van der Waals surface area (Å²) in [5, 5.41) is 0.638. The molecule has 1 aliphatic heterocycles. The highest BCUT2D eigenvalue weighted by Crippen LogP contribution is 2.27. The first kappa shape index (κ1) is 15.9. The molecule has 0 amide bonds. The van der Waals surface area contributed by atoms with Gasteiger partial charge in [-0.05, 0) is 28.4 Å². The lowest BCUT2D eigenvalue weighted by atomic mass is 10.1. The van der Waals surface area contributed by atoms with Gasteiger partial charge in [-0.15, -0.1) is 0 Å². The predicted molar refractivity (Wildman–Crippen MR) is 91.6 cm³/mol. The Morgan fingerprint density at radius 3 is 2.65 bits per heavy atom. The van der Waals surface area contributed by atoms with Crippen LogP contribution in [-0.2, 0) is 0 Å². The summed E-state index contributed by atoms with van der Waals surface area (Å²) in [6.07, 6.45) is 2.64. The molecule has 2 N–H and O–H groups in total. The zero-order valence-electron chi connectivity index (χ0n) is 11.4. The Bertz CT molecular complexity index is 491. The smallest absolute Gasteiger partial charge is 0.143 e. The SMILES string of the molecule is CCC(C(N)=S)N1CCN(c2ncc(Cl)cc2Br)CC1. The molecule has 1 aromatic heterocycles. The number of pyridine rings is 1. The summed E-state index contributed by atoms with van der Waals surface area (Å²) >= 11 is 14.6. The Kier molecular flexibility index (Phi) is 5.60. The number of piperazine rings is 1. The minimum atomic E-state index is 0.203. The van der Waals surface area contributed by atoms with Crippen LogP contribution in [0.15, 0.2) is 16.7 Å². The summed E-state index contributed by atoms with van der Waals surface area (Å²) in [4.78, 5) is 9.60. The van der Waals surface area contributed by atoms with E-state index in [2.05, 4.69) is 37.6 Å². The minimum absolute atomic E-state index is 0.203. The van der Waals surface area contributed by atoms with E-state index in [0.29, 0.717) is 10.0 Å². The van der Waals surface area contributed by atoms with Gasteiger partial charge in [-0.1, -0.05) is 30.7 Å². The summed E-state index contributed by atoms with van der Waals surface area (Å²) in [6, 6.07) is 2.08. The molecule has 1 aromatic rings. The number of hydrogen-bond donors (Lipinski definition) is 1. The summed E-state index contributed by atoms with van der Waals surface area (Å²) in [6.45, 7) is 5.81. The molecule has 20 heavy (non-hydrogen) atoms. The van der Waals surface area contributed by atoms with Gasteiger partial charge < -0.3 is 10.6 Å². The predicted octanol–water partition coefficient (Wildman–Crippen LogP) is 2.68. The second-order valence-corrected chi connectivity index (χ2v) is 6.57. The Morgan fingerprint density at radius 1 is 1.50 bits per heavy atom. The average Bonchev–Trinajstić information content (AvgIpc) is 2.40. The molecule has 2 rings (SSSR count). The molecule has 1 unspecified atom stereocenters. The van der Waals surface area contributed by atoms with E-state index in [4.69, 9.17) is 29.6 Å². The standard InChI is InChI=1S/C13H18BrClN4S/c1-2-11(12(16)20)18-3-5-19(6-4-18)13-10(14)7-9(15)8-17-13/h7-8,11H,2-6H2,1H3,(H2,16,20). The van der Waals surface area contributed by atoms with Gasteiger partial charge in [0, 0.05) is 32.4 Å². The Hall–Kier alpha value is -0.430. The molecule has 0 aromatic carbocycles. The van der Waals surface area contributed by atoms with Gasteiger partial charge in [0.2, 0.25) is 0 Å². The van der Waals surface area contributed by atoms with Gasteiger partial charge in [0.1, 0.15) is 5.82 Å². The van der Waals surface area contributed by atoms with Crippen LogP contribution in [0.3, 0.4) is 0 Å². The van der Waals surface area contributed by atoms with Gasteiger partial charge in [-0.2, -0.15) is 0 Å². The Balaban J connectivity index is 2.02. The second kappa shape index (κ2) is 7.02. The first-order chi connectivity index (χ1) is 9.52. The Morgan fingerprint density at radius 2 is 2.15 bits per heavy atom. The van der Waals surface area contributed by atoms with E-state index in [9.17, 15) is 0 Å². The molecule has 110 valence electrons. The maximum atomic E-state index is 5.93. The van der Waals surface area contributed by atoms with Crippen molar-refractivity contribution in [3.05, 3.63) is 21.8 Å². The zero-order valence-corrected chi connectivity index (χ0v) is 14.5. The quantitative estimate of drug-likeness (QED) is 0.817. The lowest BCUT2D eigenvalue weighted by Crippen LogP contribution is -2.53. The molecule has 2 heterocycles. The molecule has 0 radical (unpaired) electrons. The number of nitrogens with zero attached hydrogens (tertiary/aromatic N) is 3. The number of rotatable bonds is 4. The van der Waals surface area contributed by atoms with Crippen molar-refractivity contribution in [3.63, 3.8) is 0 Å². The summed E-state index contributed by atoms with van der Waals surface area (Å²) < 4.78 is 0.930. The first-order valence-electron chi connectivity index (χ1n) is 6.62. The Labute approximate surface area is 138 Å². The molecule has 1 fully saturated rings. The highest BCUT2D eigenvalue weighted by atomic mass is 79.9. The monoisotopic (exact) mass is 376 g/mol. The van der Waals surface area contributed by atoms with E-state index >= 15 is 0 Å². The van der Waals surface area contributed by atoms with Gasteiger partial charge in [0.15, 0.2) is 0 Å². The summed E-state index contributed by atoms with van der Waals surface area (Å²) in [5.74, 6) is 0.942. The van der Waals surface area contributed by atoms with Gasteiger partial charge in [0.05, 0.1) is 20.5 Å². The number of halogens is 2. The van der Waals surface area contributed by atoms with Crippen molar-refractivity contribution in [2.75, 3.05) is 31.1 Å². The third kappa shape index (κ3) is 3.61. The molecule has 0 aliphatic carbocycles. The van der Waals surface area contributed by atoms with E-state index in [0.717, 1.165) is 42.9 Å². The third-order valence-electron chi connectivity index (χ3n) is 3.56. The molecule has 4 nitrogen and oxygen atoms in total. The molecule has 1 aliphatic rings. The summed E-state index contributed by atoms with van der Waals surface area (Å²) in [5.41, 5.74) is 5.81. The van der Waals surface area contributed by atoms with Gasteiger partial charge >= 0.3 is 0 Å². The van der Waals surface area contributed by atoms with Crippen molar-refractivity contribution in [2.24, 2.45) is 5.73 Å². The van der Waals surface area contributed by atoms with E-state index in [1.165, 1.54) is 0 Å². The first-order valence-corrected chi connectivity index (χ1v) is 8.20. The number of hydrogen-bond acceptors (Lipinski definition) is 4. The fourth-order valence-corrected chi connectivity index (χ4v) is 3.73. The molecule has 0 bridgehead atoms. The van der Waals surface area contributed by atoms with Gasteiger partial charge in [-0.3, -0.25) is 4.90 Å². The van der Waals surface area contributed by atoms with Crippen LogP contribution >= 0.6 is 39.7 Å². The molecule has 7 heteroatoms. The van der Waals surface area contributed by atoms with Crippen LogP contribution in [0, 0.1) is 0 Å². The minimum Gasteiger partial charge on any atom is -0.392 e. The van der Waals surface area contributed by atoms with Crippen LogP contribution in [0.4, 0.5) is 5.82 Å². The van der Waals surface area contributed by atoms with Crippen LogP contribution in [0.5, 0.6) is 0 Å².